The smallest absolute Gasteiger partial charge is 0.343 e. The number of esters is 1. The SMILES string of the molecule is CCOC(=O)c1cnn2c(-c3cccc(N/N=C(\C#N)C(=N)N)c3)ccnc12. The molecule has 0 aliphatic rings. The number of hydrazone groups is 1. The summed E-state index contributed by atoms with van der Waals surface area (Å²) in [5.41, 5.74) is 10.5. The number of hydrogen-bond donors (Lipinski definition) is 3. The highest BCUT2D eigenvalue weighted by Gasteiger charge is 2.17. The molecule has 0 radical (unpaired) electrons. The normalized spacial score (nSPS) is 11.1. The molecule has 10 nitrogen and oxygen atoms in total. The number of anilines is 1. The number of ether oxygens (including phenoxy) is 1. The maximum atomic E-state index is 12.1. The van der Waals surface area contributed by atoms with Gasteiger partial charge in [-0.2, -0.15) is 15.5 Å². The second kappa shape index (κ2) is 7.96. The number of nitriles is 1. The van der Waals surface area contributed by atoms with Crippen molar-refractivity contribution >= 4 is 28.9 Å². The van der Waals surface area contributed by atoms with Crippen LogP contribution in [0.25, 0.3) is 16.9 Å². The molecule has 0 atom stereocenters. The maximum absolute atomic E-state index is 12.1. The third-order valence-electron chi connectivity index (χ3n) is 3.71. The number of carbonyl (C=O) groups excluding carboxylic acids is 1. The van der Waals surface area contributed by atoms with Gasteiger partial charge in [0, 0.05) is 11.8 Å². The number of hydrogen-bond acceptors (Lipinski definition) is 8. The average molecular weight is 376 g/mol. The summed E-state index contributed by atoms with van der Waals surface area (Å²) in [4.78, 5) is 16.3. The van der Waals surface area contributed by atoms with E-state index in [0.29, 0.717) is 17.0 Å². The molecule has 0 saturated carbocycles. The van der Waals surface area contributed by atoms with E-state index in [9.17, 15) is 4.79 Å². The quantitative estimate of drug-likeness (QED) is 0.256. The van der Waals surface area contributed by atoms with E-state index < -0.39 is 11.8 Å². The van der Waals surface area contributed by atoms with Crippen molar-refractivity contribution in [3.05, 3.63) is 48.3 Å². The molecule has 0 bridgehead atoms. The number of rotatable bonds is 6. The molecule has 10 heteroatoms. The third kappa shape index (κ3) is 3.63. The molecule has 0 saturated heterocycles. The van der Waals surface area contributed by atoms with Crippen LogP contribution in [-0.2, 0) is 4.74 Å². The van der Waals surface area contributed by atoms with Crippen LogP contribution in [0.15, 0.2) is 47.8 Å². The zero-order valence-electron chi connectivity index (χ0n) is 14.9. The van der Waals surface area contributed by atoms with Gasteiger partial charge in [0.2, 0.25) is 5.71 Å². The number of nitrogens with zero attached hydrogens (tertiary/aromatic N) is 5. The van der Waals surface area contributed by atoms with E-state index in [-0.39, 0.29) is 17.9 Å². The fraction of sp³-hybridized carbons (Fsp3) is 0.111. The highest BCUT2D eigenvalue weighted by atomic mass is 16.5. The lowest BCUT2D eigenvalue weighted by molar-refractivity contribution is 0.0528. The minimum absolute atomic E-state index is 0.220. The first-order valence-electron chi connectivity index (χ1n) is 8.23. The second-order valence-electron chi connectivity index (χ2n) is 5.52. The summed E-state index contributed by atoms with van der Waals surface area (Å²) >= 11 is 0. The van der Waals surface area contributed by atoms with Gasteiger partial charge in [-0.3, -0.25) is 10.8 Å². The van der Waals surface area contributed by atoms with Crippen LogP contribution in [0.4, 0.5) is 5.69 Å². The van der Waals surface area contributed by atoms with Crippen molar-refractivity contribution in [1.29, 1.82) is 10.7 Å². The van der Waals surface area contributed by atoms with Crippen molar-refractivity contribution in [2.24, 2.45) is 10.8 Å². The summed E-state index contributed by atoms with van der Waals surface area (Å²) in [6.07, 6.45) is 3.00. The Morgan fingerprint density at radius 3 is 3.00 bits per heavy atom. The van der Waals surface area contributed by atoms with E-state index in [1.54, 1.807) is 48.0 Å². The molecule has 0 amide bonds. The van der Waals surface area contributed by atoms with E-state index in [1.807, 2.05) is 6.07 Å². The van der Waals surface area contributed by atoms with Gasteiger partial charge < -0.3 is 10.5 Å². The number of amidine groups is 1. The number of nitrogens with two attached hydrogens (primary N) is 1. The molecule has 140 valence electrons. The Labute approximate surface area is 159 Å². The van der Waals surface area contributed by atoms with Crippen molar-refractivity contribution < 1.29 is 9.53 Å². The molecule has 0 fully saturated rings. The minimum atomic E-state index is -0.486. The average Bonchev–Trinajstić information content (AvgIpc) is 3.13. The van der Waals surface area contributed by atoms with Crippen LogP contribution in [-0.4, -0.2) is 38.7 Å². The lowest BCUT2D eigenvalue weighted by atomic mass is 10.1. The van der Waals surface area contributed by atoms with E-state index in [0.717, 1.165) is 5.56 Å². The highest BCUT2D eigenvalue weighted by Crippen LogP contribution is 2.24. The highest BCUT2D eigenvalue weighted by molar-refractivity contribution is 6.45. The van der Waals surface area contributed by atoms with Crippen LogP contribution in [0, 0.1) is 16.7 Å². The van der Waals surface area contributed by atoms with Crippen LogP contribution in [0.5, 0.6) is 0 Å². The van der Waals surface area contributed by atoms with Crippen molar-refractivity contribution in [1.82, 2.24) is 14.6 Å². The van der Waals surface area contributed by atoms with Gasteiger partial charge in [-0.15, -0.1) is 0 Å². The molecule has 0 aliphatic heterocycles. The number of carbonyl (C=O) groups is 1. The molecule has 0 spiro atoms. The first-order chi connectivity index (χ1) is 13.5. The largest absolute Gasteiger partial charge is 0.462 e. The Balaban J connectivity index is 1.99. The van der Waals surface area contributed by atoms with E-state index >= 15 is 0 Å². The van der Waals surface area contributed by atoms with Crippen molar-refractivity contribution in [3.63, 3.8) is 0 Å². The van der Waals surface area contributed by atoms with Gasteiger partial charge in [-0.1, -0.05) is 12.1 Å². The van der Waals surface area contributed by atoms with E-state index in [2.05, 4.69) is 20.6 Å². The van der Waals surface area contributed by atoms with Crippen molar-refractivity contribution in [2.45, 2.75) is 6.92 Å². The summed E-state index contributed by atoms with van der Waals surface area (Å²) in [6, 6.07) is 10.7. The first kappa shape index (κ1) is 18.5. The molecule has 3 aromatic rings. The number of fused-ring (bicyclic) bond motifs is 1. The molecule has 2 heterocycles. The summed E-state index contributed by atoms with van der Waals surface area (Å²) < 4.78 is 6.58. The van der Waals surface area contributed by atoms with Gasteiger partial charge in [0.1, 0.15) is 11.6 Å². The zero-order valence-corrected chi connectivity index (χ0v) is 14.9. The summed E-state index contributed by atoms with van der Waals surface area (Å²) in [6.45, 7) is 1.99. The molecule has 0 unspecified atom stereocenters. The molecular formula is C18H16N8O2. The maximum Gasteiger partial charge on any atom is 0.343 e. The van der Waals surface area contributed by atoms with E-state index in [4.69, 9.17) is 21.1 Å². The standard InChI is InChI=1S/C18H16N8O2/c1-2-28-18(27)13-10-23-26-15(6-7-22-17(13)26)11-4-3-5-12(8-11)24-25-14(9-19)16(20)21/h3-8,10,24H,2H2,1H3,(H3,20,21)/b25-14+. The Bertz CT molecular complexity index is 1130. The van der Waals surface area contributed by atoms with Crippen LogP contribution >= 0.6 is 0 Å². The van der Waals surface area contributed by atoms with E-state index in [1.165, 1.54) is 6.20 Å². The summed E-state index contributed by atoms with van der Waals surface area (Å²) in [5.74, 6) is -0.912. The molecule has 2 aromatic heterocycles. The van der Waals surface area contributed by atoms with Gasteiger partial charge in [0.05, 0.1) is 24.2 Å². The summed E-state index contributed by atoms with van der Waals surface area (Å²) in [7, 11) is 0. The molecule has 4 N–H and O–H groups in total. The van der Waals surface area contributed by atoms with Gasteiger partial charge in [0.25, 0.3) is 0 Å². The number of nitrogens with one attached hydrogen (secondary N) is 2. The molecule has 1 aromatic carbocycles. The zero-order chi connectivity index (χ0) is 20.1. The number of aromatic nitrogens is 3. The third-order valence-corrected chi connectivity index (χ3v) is 3.71. The van der Waals surface area contributed by atoms with Gasteiger partial charge >= 0.3 is 5.97 Å². The number of benzene rings is 1. The molecule has 3 rings (SSSR count). The van der Waals surface area contributed by atoms with Gasteiger partial charge in [-0.25, -0.2) is 14.3 Å². The van der Waals surface area contributed by atoms with Crippen molar-refractivity contribution in [2.75, 3.05) is 12.0 Å². The van der Waals surface area contributed by atoms with Crippen LogP contribution in [0.2, 0.25) is 0 Å². The first-order valence-corrected chi connectivity index (χ1v) is 8.23. The monoisotopic (exact) mass is 376 g/mol. The Morgan fingerprint density at radius 2 is 2.29 bits per heavy atom. The fourth-order valence-electron chi connectivity index (χ4n) is 2.48. The van der Waals surface area contributed by atoms with Gasteiger partial charge in [-0.05, 0) is 25.1 Å². The van der Waals surface area contributed by atoms with Crippen LogP contribution in [0.3, 0.4) is 0 Å². The predicted molar refractivity (Wildman–Crippen MR) is 103 cm³/mol. The molecule has 28 heavy (non-hydrogen) atoms. The Hall–Kier alpha value is -4.26. The lowest BCUT2D eigenvalue weighted by Gasteiger charge is -2.07. The Kier molecular flexibility index (Phi) is 5.27. The van der Waals surface area contributed by atoms with Crippen LogP contribution < -0.4 is 11.2 Å². The second-order valence-corrected chi connectivity index (χ2v) is 5.52. The lowest BCUT2D eigenvalue weighted by Crippen LogP contribution is -2.21. The summed E-state index contributed by atoms with van der Waals surface area (Å²) in [5, 5.41) is 24.3. The van der Waals surface area contributed by atoms with Crippen molar-refractivity contribution in [3.8, 4) is 17.3 Å². The molecular weight excluding hydrogens is 360 g/mol. The fourth-order valence-corrected chi connectivity index (χ4v) is 2.48. The molecule has 0 aliphatic carbocycles. The minimum Gasteiger partial charge on any atom is -0.462 e. The van der Waals surface area contributed by atoms with Gasteiger partial charge in [0.15, 0.2) is 11.5 Å². The topological polar surface area (TPSA) is 155 Å². The van der Waals surface area contributed by atoms with Crippen LogP contribution in [0.1, 0.15) is 17.3 Å². The predicted octanol–water partition coefficient (Wildman–Crippen LogP) is 1.80. The Morgan fingerprint density at radius 1 is 1.46 bits per heavy atom.